The molecule has 1 aliphatic rings. The molecule has 27 heavy (non-hydrogen) atoms. The molecular formula is C18H23F3N2O4. The number of rotatable bonds is 6. The largest absolute Gasteiger partial charge is 0.468 e. The lowest BCUT2D eigenvalue weighted by Gasteiger charge is -2.19. The van der Waals surface area contributed by atoms with Gasteiger partial charge in [-0.3, -0.25) is 4.79 Å². The monoisotopic (exact) mass is 388 g/mol. The van der Waals surface area contributed by atoms with Gasteiger partial charge in [-0.15, -0.1) is 0 Å². The van der Waals surface area contributed by atoms with Gasteiger partial charge in [0.15, 0.2) is 12.7 Å². The Balaban J connectivity index is 1.83. The average Bonchev–Trinajstić information content (AvgIpc) is 2.88. The maximum absolute atomic E-state index is 12.2. The van der Waals surface area contributed by atoms with Crippen LogP contribution < -0.4 is 10.1 Å². The molecule has 0 bridgehead atoms. The fourth-order valence-corrected chi connectivity index (χ4v) is 2.77. The van der Waals surface area contributed by atoms with E-state index in [-0.39, 0.29) is 23.4 Å². The molecule has 1 aliphatic carbocycles. The van der Waals surface area contributed by atoms with E-state index < -0.39 is 24.9 Å². The summed E-state index contributed by atoms with van der Waals surface area (Å²) in [5.41, 5.74) is 0.0171. The third-order valence-electron chi connectivity index (χ3n) is 4.21. The summed E-state index contributed by atoms with van der Waals surface area (Å²) in [5.74, 6) is -1.41. The van der Waals surface area contributed by atoms with Crippen molar-refractivity contribution in [2.24, 2.45) is 0 Å². The number of carbonyl (C=O) groups is 2. The highest BCUT2D eigenvalue weighted by Crippen LogP contribution is 2.18. The highest BCUT2D eigenvalue weighted by atomic mass is 19.4. The first-order chi connectivity index (χ1) is 12.7. The van der Waals surface area contributed by atoms with Gasteiger partial charge >= 0.3 is 12.1 Å². The van der Waals surface area contributed by atoms with Crippen LogP contribution in [0.2, 0.25) is 0 Å². The number of nitrogens with zero attached hydrogens (tertiary/aromatic N) is 1. The first-order valence-corrected chi connectivity index (χ1v) is 8.91. The lowest BCUT2D eigenvalue weighted by Crippen LogP contribution is -2.41. The summed E-state index contributed by atoms with van der Waals surface area (Å²) in [7, 11) is 0. The van der Waals surface area contributed by atoms with E-state index in [0.29, 0.717) is 0 Å². The number of hydrogen-bond donors (Lipinski definition) is 1. The van der Waals surface area contributed by atoms with Crippen molar-refractivity contribution in [1.82, 2.24) is 10.3 Å². The highest BCUT2D eigenvalue weighted by Gasteiger charge is 2.28. The SMILES string of the molecule is C[C@H](OC(=O)c1ccc(OCC(F)(F)F)nc1)C(=O)NC1CCCCCC1. The van der Waals surface area contributed by atoms with Gasteiger partial charge in [0.1, 0.15) is 0 Å². The predicted octanol–water partition coefficient (Wildman–Crippen LogP) is 3.41. The molecule has 6 nitrogen and oxygen atoms in total. The molecule has 1 atom stereocenters. The van der Waals surface area contributed by atoms with Crippen LogP contribution in [-0.4, -0.2) is 41.8 Å². The Morgan fingerprint density at radius 3 is 2.44 bits per heavy atom. The third-order valence-corrected chi connectivity index (χ3v) is 4.21. The first kappa shape index (κ1) is 21.0. The van der Waals surface area contributed by atoms with Crippen molar-refractivity contribution in [1.29, 1.82) is 0 Å². The van der Waals surface area contributed by atoms with Gasteiger partial charge in [0.05, 0.1) is 5.56 Å². The number of carbonyl (C=O) groups excluding carboxylic acids is 2. The topological polar surface area (TPSA) is 77.5 Å². The Hall–Kier alpha value is -2.32. The molecule has 1 aromatic rings. The fourth-order valence-electron chi connectivity index (χ4n) is 2.77. The molecule has 0 aromatic carbocycles. The Bertz CT molecular complexity index is 626. The summed E-state index contributed by atoms with van der Waals surface area (Å²) >= 11 is 0. The maximum atomic E-state index is 12.2. The van der Waals surface area contributed by atoms with E-state index in [9.17, 15) is 22.8 Å². The third kappa shape index (κ3) is 7.44. The predicted molar refractivity (Wildman–Crippen MR) is 90.3 cm³/mol. The fraction of sp³-hybridized carbons (Fsp3) is 0.611. The van der Waals surface area contributed by atoms with E-state index in [1.165, 1.54) is 13.0 Å². The van der Waals surface area contributed by atoms with Crippen LogP contribution in [0.1, 0.15) is 55.8 Å². The molecule has 1 heterocycles. The average molecular weight is 388 g/mol. The Labute approximate surface area is 155 Å². The summed E-state index contributed by atoms with van der Waals surface area (Å²) < 4.78 is 45.9. The molecule has 1 amide bonds. The van der Waals surface area contributed by atoms with E-state index in [2.05, 4.69) is 15.0 Å². The summed E-state index contributed by atoms with van der Waals surface area (Å²) in [6.45, 7) is 0.000337. The van der Waals surface area contributed by atoms with E-state index >= 15 is 0 Å². The number of halogens is 3. The number of pyridine rings is 1. The molecule has 150 valence electrons. The van der Waals surface area contributed by atoms with Crippen LogP contribution >= 0.6 is 0 Å². The van der Waals surface area contributed by atoms with Gasteiger partial charge in [-0.2, -0.15) is 13.2 Å². The molecule has 0 saturated heterocycles. The molecule has 0 aliphatic heterocycles. The van der Waals surface area contributed by atoms with Gasteiger partial charge in [-0.05, 0) is 25.8 Å². The second-order valence-electron chi connectivity index (χ2n) is 6.53. The van der Waals surface area contributed by atoms with Crippen LogP contribution in [0, 0.1) is 0 Å². The normalized spacial score (nSPS) is 16.9. The Morgan fingerprint density at radius 1 is 1.22 bits per heavy atom. The number of alkyl halides is 3. The van der Waals surface area contributed by atoms with Crippen molar-refractivity contribution in [3.63, 3.8) is 0 Å². The standard InChI is InChI=1S/C18H23F3N2O4/c1-12(16(24)23-14-6-4-2-3-5-7-14)27-17(25)13-8-9-15(22-10-13)26-11-18(19,20)21/h8-10,12,14H,2-7,11H2,1H3,(H,23,24)/t12-/m0/s1. The molecular weight excluding hydrogens is 365 g/mol. The van der Waals surface area contributed by atoms with Crippen LogP contribution in [0.15, 0.2) is 18.3 Å². The first-order valence-electron chi connectivity index (χ1n) is 8.91. The zero-order valence-electron chi connectivity index (χ0n) is 15.1. The maximum Gasteiger partial charge on any atom is 0.422 e. The number of nitrogens with one attached hydrogen (secondary N) is 1. The van der Waals surface area contributed by atoms with Crippen LogP contribution in [0.3, 0.4) is 0 Å². The van der Waals surface area contributed by atoms with Crippen molar-refractivity contribution in [2.75, 3.05) is 6.61 Å². The van der Waals surface area contributed by atoms with E-state index in [4.69, 9.17) is 4.74 Å². The van der Waals surface area contributed by atoms with Crippen molar-refractivity contribution in [3.8, 4) is 5.88 Å². The molecule has 2 rings (SSSR count). The zero-order valence-corrected chi connectivity index (χ0v) is 15.1. The molecule has 0 spiro atoms. The number of ether oxygens (including phenoxy) is 2. The van der Waals surface area contributed by atoms with Gasteiger partial charge in [0.25, 0.3) is 5.91 Å². The summed E-state index contributed by atoms with van der Waals surface area (Å²) in [6, 6.07) is 2.46. The summed E-state index contributed by atoms with van der Waals surface area (Å²) in [6.07, 6.45) is 1.86. The quantitative estimate of drug-likeness (QED) is 0.597. The van der Waals surface area contributed by atoms with Crippen molar-refractivity contribution < 1.29 is 32.2 Å². The van der Waals surface area contributed by atoms with E-state index in [1.807, 2.05) is 0 Å². The van der Waals surface area contributed by atoms with Gasteiger partial charge in [0.2, 0.25) is 5.88 Å². The van der Waals surface area contributed by atoms with E-state index in [1.54, 1.807) is 0 Å². The smallest absolute Gasteiger partial charge is 0.422 e. The van der Waals surface area contributed by atoms with Crippen LogP contribution in [-0.2, 0) is 9.53 Å². The molecule has 1 N–H and O–H groups in total. The second kappa shape index (κ2) is 9.57. The highest BCUT2D eigenvalue weighted by molar-refractivity contribution is 5.92. The number of esters is 1. The Kier molecular flexibility index (Phi) is 7.44. The van der Waals surface area contributed by atoms with Gasteiger partial charge in [-0.1, -0.05) is 25.7 Å². The van der Waals surface area contributed by atoms with Crippen molar-refractivity contribution in [2.45, 2.75) is 63.8 Å². The summed E-state index contributed by atoms with van der Waals surface area (Å²) in [4.78, 5) is 27.9. The molecule has 0 unspecified atom stereocenters. The lowest BCUT2D eigenvalue weighted by molar-refractivity contribution is -0.154. The zero-order chi connectivity index (χ0) is 19.9. The van der Waals surface area contributed by atoms with Gasteiger partial charge in [0, 0.05) is 18.3 Å². The van der Waals surface area contributed by atoms with E-state index in [0.717, 1.165) is 50.8 Å². The minimum Gasteiger partial charge on any atom is -0.468 e. The molecule has 1 fully saturated rings. The molecule has 0 radical (unpaired) electrons. The minimum atomic E-state index is -4.47. The number of amides is 1. The number of hydrogen-bond acceptors (Lipinski definition) is 5. The number of aromatic nitrogens is 1. The molecule has 1 aromatic heterocycles. The Morgan fingerprint density at radius 2 is 1.89 bits per heavy atom. The molecule has 1 saturated carbocycles. The summed E-state index contributed by atoms with van der Waals surface area (Å²) in [5, 5.41) is 2.90. The van der Waals surface area contributed by atoms with Crippen molar-refractivity contribution >= 4 is 11.9 Å². The lowest BCUT2D eigenvalue weighted by atomic mass is 10.1. The van der Waals surface area contributed by atoms with Gasteiger partial charge < -0.3 is 14.8 Å². The molecule has 9 heteroatoms. The minimum absolute atomic E-state index is 0.0171. The van der Waals surface area contributed by atoms with Crippen LogP contribution in [0.4, 0.5) is 13.2 Å². The second-order valence-corrected chi connectivity index (χ2v) is 6.53. The van der Waals surface area contributed by atoms with Crippen LogP contribution in [0.25, 0.3) is 0 Å². The van der Waals surface area contributed by atoms with Crippen molar-refractivity contribution in [3.05, 3.63) is 23.9 Å². The van der Waals surface area contributed by atoms with Crippen LogP contribution in [0.5, 0.6) is 5.88 Å². The van der Waals surface area contributed by atoms with Gasteiger partial charge in [-0.25, -0.2) is 9.78 Å².